The molecule has 0 aromatic heterocycles. The molecule has 7 heteroatoms. The number of amides is 1. The Hall–Kier alpha value is -3.35. The van der Waals surface area contributed by atoms with Crippen LogP contribution in [-0.4, -0.2) is 28.7 Å². The number of Topliss-reactive ketones (excluding diaryl/α,β-unsaturated/α-hetero) is 1. The standard InChI is InChI=1S/C36H41F2NO4/c1-22(40)30-14-15-31-29-13-8-25-18-28(41)16-17-35(25,2)33(29)32(19-36(30,31)3)43-34(42)39(20-23-4-9-26(37)10-5-23)21-24-6-11-27(38)12-7-24/h4-7,9-12,18,29-33H,8,13-17,19-21H2,1-3H3/t29?,30-,31?,32?,33?,35+,36-/m1/s1. The molecule has 7 atom stereocenters. The molecule has 0 aliphatic heterocycles. The average molecular weight is 590 g/mol. The molecule has 2 aromatic rings. The van der Waals surface area contributed by atoms with Crippen molar-refractivity contribution in [2.24, 2.45) is 34.5 Å². The summed E-state index contributed by atoms with van der Waals surface area (Å²) in [6.07, 6.45) is 6.41. The van der Waals surface area contributed by atoms with Crippen molar-refractivity contribution in [3.05, 3.63) is 82.9 Å². The monoisotopic (exact) mass is 589 g/mol. The van der Waals surface area contributed by atoms with E-state index in [1.54, 1.807) is 36.1 Å². The molecule has 43 heavy (non-hydrogen) atoms. The Balaban J connectivity index is 1.35. The van der Waals surface area contributed by atoms with Gasteiger partial charge in [-0.3, -0.25) is 14.5 Å². The highest BCUT2D eigenvalue weighted by molar-refractivity contribution is 5.91. The summed E-state index contributed by atoms with van der Waals surface area (Å²) >= 11 is 0. The summed E-state index contributed by atoms with van der Waals surface area (Å²) in [4.78, 5) is 41.1. The average Bonchev–Trinajstić information content (AvgIpc) is 3.32. The fourth-order valence-corrected chi connectivity index (χ4v) is 9.44. The Morgan fingerprint density at radius 1 is 0.907 bits per heavy atom. The van der Waals surface area contributed by atoms with Gasteiger partial charge >= 0.3 is 6.09 Å². The van der Waals surface area contributed by atoms with Gasteiger partial charge in [0.15, 0.2) is 5.78 Å². The molecule has 228 valence electrons. The van der Waals surface area contributed by atoms with Crippen molar-refractivity contribution in [2.45, 2.75) is 84.9 Å². The molecule has 0 spiro atoms. The number of nitrogens with zero attached hydrogens (tertiary/aromatic N) is 1. The molecule has 5 nitrogen and oxygen atoms in total. The Morgan fingerprint density at radius 2 is 1.51 bits per heavy atom. The van der Waals surface area contributed by atoms with Crippen LogP contribution in [0.3, 0.4) is 0 Å². The number of allylic oxidation sites excluding steroid dienone is 1. The number of ether oxygens (including phenoxy) is 1. The Bertz CT molecular complexity index is 1390. The van der Waals surface area contributed by atoms with Gasteiger partial charge in [-0.15, -0.1) is 0 Å². The summed E-state index contributed by atoms with van der Waals surface area (Å²) in [5, 5.41) is 0. The van der Waals surface area contributed by atoms with Crippen LogP contribution in [0, 0.1) is 46.1 Å². The van der Waals surface area contributed by atoms with Gasteiger partial charge in [0.25, 0.3) is 0 Å². The fourth-order valence-electron chi connectivity index (χ4n) is 9.44. The van der Waals surface area contributed by atoms with Crippen molar-refractivity contribution in [3.63, 3.8) is 0 Å². The first-order chi connectivity index (χ1) is 20.5. The molecule has 0 bridgehead atoms. The van der Waals surface area contributed by atoms with Gasteiger partial charge in [-0.25, -0.2) is 13.6 Å². The lowest BCUT2D eigenvalue weighted by atomic mass is 9.46. The van der Waals surface area contributed by atoms with E-state index in [2.05, 4.69) is 13.8 Å². The van der Waals surface area contributed by atoms with E-state index in [0.29, 0.717) is 24.7 Å². The second-order valence-corrected chi connectivity index (χ2v) is 13.9. The zero-order valence-corrected chi connectivity index (χ0v) is 25.3. The highest BCUT2D eigenvalue weighted by atomic mass is 19.1. The van der Waals surface area contributed by atoms with Crippen LogP contribution in [0.2, 0.25) is 0 Å². The summed E-state index contributed by atoms with van der Waals surface area (Å²) < 4.78 is 33.9. The van der Waals surface area contributed by atoms with Crippen molar-refractivity contribution < 1.29 is 27.9 Å². The van der Waals surface area contributed by atoms with E-state index in [0.717, 1.165) is 43.2 Å². The molecule has 4 unspecified atom stereocenters. The first-order valence-corrected chi connectivity index (χ1v) is 15.7. The van der Waals surface area contributed by atoms with E-state index in [1.807, 2.05) is 6.08 Å². The van der Waals surface area contributed by atoms with Crippen molar-refractivity contribution in [1.82, 2.24) is 4.90 Å². The quantitative estimate of drug-likeness (QED) is 0.345. The van der Waals surface area contributed by atoms with Crippen LogP contribution >= 0.6 is 0 Å². The van der Waals surface area contributed by atoms with Crippen molar-refractivity contribution >= 4 is 17.7 Å². The molecular weight excluding hydrogens is 548 g/mol. The molecule has 1 amide bonds. The molecule has 0 radical (unpaired) electrons. The maximum Gasteiger partial charge on any atom is 0.410 e. The van der Waals surface area contributed by atoms with Crippen molar-refractivity contribution in [3.8, 4) is 0 Å². The van der Waals surface area contributed by atoms with E-state index >= 15 is 0 Å². The lowest BCUT2D eigenvalue weighted by molar-refractivity contribution is -0.146. The summed E-state index contributed by atoms with van der Waals surface area (Å²) in [7, 11) is 0. The third-order valence-corrected chi connectivity index (χ3v) is 11.4. The van der Waals surface area contributed by atoms with E-state index in [-0.39, 0.29) is 59.0 Å². The van der Waals surface area contributed by atoms with Crippen LogP contribution in [-0.2, 0) is 27.4 Å². The minimum atomic E-state index is -0.483. The molecule has 3 fully saturated rings. The molecule has 6 rings (SSSR count). The largest absolute Gasteiger partial charge is 0.446 e. The number of fused-ring (bicyclic) bond motifs is 5. The predicted octanol–water partition coefficient (Wildman–Crippen LogP) is 7.82. The fraction of sp³-hybridized carbons (Fsp3) is 0.528. The first kappa shape index (κ1) is 29.7. The maximum absolute atomic E-state index is 14.2. The number of rotatable bonds is 6. The number of ketones is 2. The predicted molar refractivity (Wildman–Crippen MR) is 159 cm³/mol. The molecule has 2 aromatic carbocycles. The number of carbonyl (C=O) groups excluding carboxylic acids is 3. The van der Waals surface area contributed by atoms with E-state index in [9.17, 15) is 23.2 Å². The summed E-state index contributed by atoms with van der Waals surface area (Å²) in [5.74, 6) is 0.300. The molecule has 4 aliphatic rings. The lowest BCUT2D eigenvalue weighted by Crippen LogP contribution is -2.58. The Morgan fingerprint density at radius 3 is 2.09 bits per heavy atom. The van der Waals surface area contributed by atoms with E-state index in [1.165, 1.54) is 29.8 Å². The lowest BCUT2D eigenvalue weighted by Gasteiger charge is -2.60. The van der Waals surface area contributed by atoms with Crippen LogP contribution in [0.25, 0.3) is 0 Å². The Kier molecular flexibility index (Phi) is 7.80. The SMILES string of the molecule is CC(=O)[C@H]1CCC2C3CCC4=CC(=O)CC[C@]4(C)C3C(OC(=O)N(Cc3ccc(F)cc3)Cc3ccc(F)cc3)C[C@@]21C. The number of hydrogen-bond acceptors (Lipinski definition) is 4. The zero-order valence-electron chi connectivity index (χ0n) is 25.3. The van der Waals surface area contributed by atoms with Crippen LogP contribution in [0.1, 0.15) is 76.8 Å². The van der Waals surface area contributed by atoms with Gasteiger partial charge < -0.3 is 4.74 Å². The molecule has 0 heterocycles. The number of benzene rings is 2. The van der Waals surface area contributed by atoms with Crippen LogP contribution < -0.4 is 0 Å². The maximum atomic E-state index is 14.2. The van der Waals surface area contributed by atoms with Crippen molar-refractivity contribution in [1.29, 1.82) is 0 Å². The topological polar surface area (TPSA) is 63.7 Å². The Labute approximate surface area is 252 Å². The second kappa shape index (κ2) is 11.3. The van der Waals surface area contributed by atoms with Crippen LogP contribution in [0.4, 0.5) is 13.6 Å². The molecule has 4 aliphatic carbocycles. The summed E-state index contributed by atoms with van der Waals surface area (Å²) in [5.41, 5.74) is 2.16. The molecular formula is C36H41F2NO4. The van der Waals surface area contributed by atoms with Gasteiger partial charge in [0.05, 0.1) is 0 Å². The van der Waals surface area contributed by atoms with Gasteiger partial charge in [-0.1, -0.05) is 43.7 Å². The highest BCUT2D eigenvalue weighted by Crippen LogP contribution is 2.67. The van der Waals surface area contributed by atoms with E-state index in [4.69, 9.17) is 4.74 Å². The number of halogens is 2. The van der Waals surface area contributed by atoms with Gasteiger partial charge in [-0.05, 0) is 110 Å². The van der Waals surface area contributed by atoms with Gasteiger partial charge in [-0.2, -0.15) is 0 Å². The summed E-state index contributed by atoms with van der Waals surface area (Å²) in [6, 6.07) is 12.1. The molecule has 3 saturated carbocycles. The normalized spacial score (nSPS) is 33.1. The van der Waals surface area contributed by atoms with Crippen molar-refractivity contribution in [2.75, 3.05) is 0 Å². The van der Waals surface area contributed by atoms with Gasteiger partial charge in [0.1, 0.15) is 23.5 Å². The van der Waals surface area contributed by atoms with Gasteiger partial charge in [0, 0.05) is 31.3 Å². The van der Waals surface area contributed by atoms with Gasteiger partial charge in [0.2, 0.25) is 0 Å². The molecule has 0 N–H and O–H groups in total. The smallest absolute Gasteiger partial charge is 0.410 e. The first-order valence-electron chi connectivity index (χ1n) is 15.7. The van der Waals surface area contributed by atoms with Crippen LogP contribution in [0.15, 0.2) is 60.2 Å². The number of carbonyl (C=O) groups is 3. The third-order valence-electron chi connectivity index (χ3n) is 11.4. The number of hydrogen-bond donors (Lipinski definition) is 0. The van der Waals surface area contributed by atoms with E-state index < -0.39 is 12.2 Å². The molecule has 0 saturated heterocycles. The third kappa shape index (κ3) is 5.44. The summed E-state index contributed by atoms with van der Waals surface area (Å²) in [6.45, 7) is 6.56. The second-order valence-electron chi connectivity index (χ2n) is 13.9. The minimum absolute atomic E-state index is 0.0480. The van der Waals surface area contributed by atoms with Crippen LogP contribution in [0.5, 0.6) is 0 Å². The zero-order chi connectivity index (χ0) is 30.5. The highest BCUT2D eigenvalue weighted by Gasteiger charge is 2.63. The minimum Gasteiger partial charge on any atom is -0.446 e.